The normalized spacial score (nSPS) is 14.8. The number of carbonyl (C=O) groups is 1. The third-order valence-corrected chi connectivity index (χ3v) is 8.70. The molecule has 32 heavy (non-hydrogen) atoms. The van der Waals surface area contributed by atoms with Crippen molar-refractivity contribution in [1.29, 1.82) is 0 Å². The number of para-hydroxylation sites is 2. The number of nitrogens with one attached hydrogen (secondary N) is 2. The van der Waals surface area contributed by atoms with E-state index in [0.717, 1.165) is 59.6 Å². The second kappa shape index (κ2) is 9.68. The lowest BCUT2D eigenvalue weighted by Gasteiger charge is -2.23. The molecule has 3 aromatic rings. The van der Waals surface area contributed by atoms with Crippen molar-refractivity contribution >= 4 is 42.1 Å². The highest BCUT2D eigenvalue weighted by molar-refractivity contribution is 7.90. The van der Waals surface area contributed by atoms with E-state index in [0.29, 0.717) is 11.8 Å². The predicted molar refractivity (Wildman–Crippen MR) is 132 cm³/mol. The molecular weight excluding hydrogens is 438 g/mol. The van der Waals surface area contributed by atoms with Crippen LogP contribution in [-0.4, -0.2) is 35.3 Å². The number of aryl methyl sites for hydroxylation is 1. The van der Waals surface area contributed by atoms with Gasteiger partial charge in [0.2, 0.25) is 0 Å². The summed E-state index contributed by atoms with van der Waals surface area (Å²) in [5.74, 6) is 0.275. The molecule has 2 N–H and O–H groups in total. The van der Waals surface area contributed by atoms with Crippen LogP contribution in [0.3, 0.4) is 0 Å². The van der Waals surface area contributed by atoms with Gasteiger partial charge in [0, 0.05) is 24.8 Å². The molecule has 0 saturated carbocycles. The smallest absolute Gasteiger partial charge is 0.411 e. The van der Waals surface area contributed by atoms with Crippen LogP contribution in [0.2, 0.25) is 25.7 Å². The number of H-pyrrole nitrogens is 1. The summed E-state index contributed by atoms with van der Waals surface area (Å²) in [6, 6.07) is 12.7. The summed E-state index contributed by atoms with van der Waals surface area (Å²) >= 11 is -1.36. The van der Waals surface area contributed by atoms with Gasteiger partial charge in [0.05, 0.1) is 23.3 Å². The number of rotatable bonds is 7. The van der Waals surface area contributed by atoms with Gasteiger partial charge in [-0.3, -0.25) is 10.3 Å². The molecule has 1 unspecified atom stereocenters. The molecule has 0 bridgehead atoms. The lowest BCUT2D eigenvalue weighted by Crippen LogP contribution is -2.25. The molecule has 1 aromatic heterocycles. The van der Waals surface area contributed by atoms with Gasteiger partial charge < -0.3 is 9.29 Å². The number of anilines is 1. The monoisotopic (exact) mass is 469 g/mol. The van der Waals surface area contributed by atoms with Crippen molar-refractivity contribution in [2.75, 3.05) is 11.9 Å². The van der Waals surface area contributed by atoms with Gasteiger partial charge in [-0.1, -0.05) is 43.9 Å². The summed E-state index contributed by atoms with van der Waals surface area (Å²) in [5, 5.41) is 3.45. The molecule has 2 aromatic carbocycles. The number of carbonyl (C=O) groups excluding carboxylic acids is 1. The molecule has 8 heteroatoms. The SMILES string of the molecule is C[Si](C)(C)CCOC(=O)Nc1c(C[S+]([O-])c2nc3ccccc3[nH]2)ccc2c1CCCC2. The molecule has 0 spiro atoms. The Morgan fingerprint density at radius 1 is 1.19 bits per heavy atom. The van der Waals surface area contributed by atoms with Crippen LogP contribution in [-0.2, 0) is 34.5 Å². The Bertz CT molecular complexity index is 1080. The highest BCUT2D eigenvalue weighted by Crippen LogP contribution is 2.33. The number of hydrogen-bond acceptors (Lipinski definition) is 4. The fraction of sp³-hybridized carbons (Fsp3) is 0.417. The molecule has 4 rings (SSSR count). The summed E-state index contributed by atoms with van der Waals surface area (Å²) in [7, 11) is -1.28. The van der Waals surface area contributed by atoms with Gasteiger partial charge >= 0.3 is 11.2 Å². The minimum Gasteiger partial charge on any atom is -0.609 e. The molecule has 1 amide bonds. The second-order valence-corrected chi connectivity index (χ2v) is 16.6. The molecule has 0 radical (unpaired) electrons. The standard InChI is InChI=1S/C24H31N3O3SSi/c1-32(2,3)15-14-30-24(28)27-22-18(13-12-17-8-4-5-9-19(17)22)16-31(29)23-25-20-10-6-7-11-21(20)26-23/h6-7,10-13H,4-5,8-9,14-16H2,1-3H3,(H,25,26)(H,27,28). The summed E-state index contributed by atoms with van der Waals surface area (Å²) < 4.78 is 18.6. The first-order valence-corrected chi connectivity index (χ1v) is 16.2. The fourth-order valence-electron chi connectivity index (χ4n) is 3.99. The fourth-order valence-corrected chi connectivity index (χ4v) is 5.79. The number of aromatic amines is 1. The molecule has 170 valence electrons. The first-order chi connectivity index (χ1) is 15.3. The van der Waals surface area contributed by atoms with Crippen LogP contribution in [0.15, 0.2) is 41.6 Å². The Morgan fingerprint density at radius 3 is 2.75 bits per heavy atom. The maximum absolute atomic E-state index is 13.2. The molecule has 0 fully saturated rings. The van der Waals surface area contributed by atoms with E-state index in [1.165, 1.54) is 5.56 Å². The molecule has 1 aliphatic carbocycles. The van der Waals surface area contributed by atoms with Crippen LogP contribution in [0.1, 0.15) is 29.5 Å². The Kier molecular flexibility index (Phi) is 6.92. The van der Waals surface area contributed by atoms with E-state index in [-0.39, 0.29) is 5.75 Å². The van der Waals surface area contributed by atoms with Crippen LogP contribution >= 0.6 is 0 Å². The largest absolute Gasteiger partial charge is 0.609 e. The molecule has 0 saturated heterocycles. The average molecular weight is 470 g/mol. The van der Waals surface area contributed by atoms with Crippen molar-refractivity contribution in [3.05, 3.63) is 53.1 Å². The van der Waals surface area contributed by atoms with Gasteiger partial charge in [0.25, 0.3) is 0 Å². The lowest BCUT2D eigenvalue weighted by atomic mass is 9.89. The first-order valence-electron chi connectivity index (χ1n) is 11.2. The number of aromatic nitrogens is 2. The lowest BCUT2D eigenvalue weighted by molar-refractivity contribution is 0.167. The van der Waals surface area contributed by atoms with E-state index in [1.807, 2.05) is 30.3 Å². The van der Waals surface area contributed by atoms with Gasteiger partial charge in [-0.2, -0.15) is 4.98 Å². The Labute approximate surface area is 193 Å². The van der Waals surface area contributed by atoms with Gasteiger partial charge in [0.15, 0.2) is 0 Å². The molecule has 1 heterocycles. The maximum atomic E-state index is 13.2. The predicted octanol–water partition coefficient (Wildman–Crippen LogP) is 5.64. The zero-order chi connectivity index (χ0) is 22.7. The number of imidazole rings is 1. The quantitative estimate of drug-likeness (QED) is 0.346. The molecule has 1 atom stereocenters. The number of ether oxygens (including phenoxy) is 1. The molecular formula is C24H31N3O3SSi. The molecule has 1 aliphatic rings. The molecule has 6 nitrogen and oxygen atoms in total. The third-order valence-electron chi connectivity index (χ3n) is 5.80. The highest BCUT2D eigenvalue weighted by Gasteiger charge is 2.24. The Morgan fingerprint density at radius 2 is 1.97 bits per heavy atom. The number of hydrogen-bond donors (Lipinski definition) is 2. The van der Waals surface area contributed by atoms with E-state index in [1.54, 1.807) is 0 Å². The van der Waals surface area contributed by atoms with E-state index in [9.17, 15) is 9.35 Å². The van der Waals surface area contributed by atoms with E-state index >= 15 is 0 Å². The highest BCUT2D eigenvalue weighted by atomic mass is 32.2. The average Bonchev–Trinajstić information content (AvgIpc) is 3.19. The van der Waals surface area contributed by atoms with Crippen molar-refractivity contribution in [1.82, 2.24) is 9.97 Å². The summed E-state index contributed by atoms with van der Waals surface area (Å²) in [6.45, 7) is 7.20. The van der Waals surface area contributed by atoms with Crippen LogP contribution in [0.4, 0.5) is 10.5 Å². The third kappa shape index (κ3) is 5.54. The zero-order valence-electron chi connectivity index (χ0n) is 19.0. The summed E-state index contributed by atoms with van der Waals surface area (Å²) in [4.78, 5) is 20.2. The van der Waals surface area contributed by atoms with E-state index in [2.05, 4.69) is 41.0 Å². The van der Waals surface area contributed by atoms with E-state index < -0.39 is 25.3 Å². The topological polar surface area (TPSA) is 90.1 Å². The number of nitrogens with zero attached hydrogens (tertiary/aromatic N) is 1. The van der Waals surface area contributed by atoms with Crippen molar-refractivity contribution in [2.24, 2.45) is 0 Å². The Hall–Kier alpha value is -2.29. The van der Waals surface area contributed by atoms with Crippen LogP contribution in [0, 0.1) is 0 Å². The number of fused-ring (bicyclic) bond motifs is 2. The summed E-state index contributed by atoms with van der Waals surface area (Å²) in [6.07, 6.45) is 3.71. The van der Waals surface area contributed by atoms with Crippen molar-refractivity contribution < 1.29 is 14.1 Å². The number of amides is 1. The van der Waals surface area contributed by atoms with Crippen LogP contribution in [0.5, 0.6) is 0 Å². The van der Waals surface area contributed by atoms with Crippen LogP contribution in [0.25, 0.3) is 11.0 Å². The summed E-state index contributed by atoms with van der Waals surface area (Å²) in [5.41, 5.74) is 5.69. The first kappa shape index (κ1) is 22.9. The minimum absolute atomic E-state index is 0.275. The van der Waals surface area contributed by atoms with Gasteiger partial charge in [-0.25, -0.2) is 4.79 Å². The second-order valence-electron chi connectivity index (χ2n) is 9.57. The zero-order valence-corrected chi connectivity index (χ0v) is 20.8. The van der Waals surface area contributed by atoms with Crippen molar-refractivity contribution in [3.63, 3.8) is 0 Å². The van der Waals surface area contributed by atoms with Gasteiger partial charge in [0.1, 0.15) is 5.75 Å². The van der Waals surface area contributed by atoms with E-state index in [4.69, 9.17) is 4.74 Å². The van der Waals surface area contributed by atoms with Crippen molar-refractivity contribution in [3.8, 4) is 0 Å². The number of benzene rings is 2. The van der Waals surface area contributed by atoms with Gasteiger partial charge in [-0.05, 0) is 55.0 Å². The maximum Gasteiger partial charge on any atom is 0.411 e. The minimum atomic E-state index is -1.36. The van der Waals surface area contributed by atoms with Crippen LogP contribution < -0.4 is 5.32 Å². The Balaban J connectivity index is 1.55. The van der Waals surface area contributed by atoms with Gasteiger partial charge in [-0.15, -0.1) is 0 Å². The molecule has 0 aliphatic heterocycles. The van der Waals surface area contributed by atoms with Crippen molar-refractivity contribution in [2.45, 2.75) is 62.3 Å².